The maximum absolute atomic E-state index is 11.5. The number of methoxy groups -OCH3 is 1. The van der Waals surface area contributed by atoms with E-state index in [0.717, 1.165) is 24.0 Å². The van der Waals surface area contributed by atoms with Crippen LogP contribution in [0.25, 0.3) is 0 Å². The summed E-state index contributed by atoms with van der Waals surface area (Å²) < 4.78 is 10.9. The van der Waals surface area contributed by atoms with Gasteiger partial charge in [0.25, 0.3) is 0 Å². The van der Waals surface area contributed by atoms with Gasteiger partial charge < -0.3 is 9.47 Å². The first-order chi connectivity index (χ1) is 9.72. The highest BCUT2D eigenvalue weighted by atomic mass is 16.5. The number of esters is 1. The first-order valence-electron chi connectivity index (χ1n) is 7.46. The fourth-order valence-electron chi connectivity index (χ4n) is 3.13. The molecule has 0 aromatic heterocycles. The van der Waals surface area contributed by atoms with Crippen LogP contribution in [-0.4, -0.2) is 13.1 Å². The molecule has 1 fully saturated rings. The van der Waals surface area contributed by atoms with Crippen LogP contribution in [0.5, 0.6) is 0 Å². The highest BCUT2D eigenvalue weighted by Gasteiger charge is 2.29. The summed E-state index contributed by atoms with van der Waals surface area (Å²) in [6.07, 6.45) is 5.91. The summed E-state index contributed by atoms with van der Waals surface area (Å²) in [7, 11) is 1.69. The highest BCUT2D eigenvalue weighted by Crippen LogP contribution is 2.38. The fraction of sp³-hybridized carbons (Fsp3) is 0.588. The number of ether oxygens (including phenoxy) is 2. The monoisotopic (exact) mass is 276 g/mol. The number of hydrogen-bond donors (Lipinski definition) is 0. The van der Waals surface area contributed by atoms with Crippen molar-refractivity contribution in [2.45, 2.75) is 51.7 Å². The van der Waals surface area contributed by atoms with Gasteiger partial charge in [0, 0.05) is 20.0 Å². The van der Waals surface area contributed by atoms with Crippen molar-refractivity contribution in [3.05, 3.63) is 35.4 Å². The van der Waals surface area contributed by atoms with Gasteiger partial charge >= 0.3 is 5.97 Å². The second-order valence-electron chi connectivity index (χ2n) is 5.56. The van der Waals surface area contributed by atoms with Gasteiger partial charge in [0.2, 0.25) is 0 Å². The molecule has 3 nitrogen and oxygen atoms in total. The van der Waals surface area contributed by atoms with E-state index in [4.69, 9.17) is 9.47 Å². The Morgan fingerprint density at radius 1 is 1.25 bits per heavy atom. The van der Waals surface area contributed by atoms with Gasteiger partial charge in [-0.1, -0.05) is 43.5 Å². The van der Waals surface area contributed by atoms with Gasteiger partial charge in [-0.3, -0.25) is 4.79 Å². The van der Waals surface area contributed by atoms with Crippen LogP contribution in [0, 0.1) is 5.92 Å². The lowest BCUT2D eigenvalue weighted by molar-refractivity contribution is -0.150. The Hall–Kier alpha value is -1.35. The van der Waals surface area contributed by atoms with Crippen molar-refractivity contribution in [3.8, 4) is 0 Å². The van der Waals surface area contributed by atoms with E-state index in [2.05, 4.69) is 12.1 Å². The summed E-state index contributed by atoms with van der Waals surface area (Å²) in [5.41, 5.74) is 2.23. The van der Waals surface area contributed by atoms with Crippen LogP contribution in [0.2, 0.25) is 0 Å². The van der Waals surface area contributed by atoms with Crippen molar-refractivity contribution in [3.63, 3.8) is 0 Å². The van der Waals surface area contributed by atoms with Crippen LogP contribution in [0.3, 0.4) is 0 Å². The molecular weight excluding hydrogens is 252 g/mol. The average Bonchev–Trinajstić information content (AvgIpc) is 2.47. The molecule has 1 aromatic carbocycles. The van der Waals surface area contributed by atoms with Gasteiger partial charge in [-0.15, -0.1) is 0 Å². The molecule has 3 heteroatoms. The molecule has 1 aliphatic carbocycles. The maximum atomic E-state index is 11.5. The third kappa shape index (κ3) is 3.83. The Morgan fingerprint density at radius 2 is 1.95 bits per heavy atom. The molecule has 0 N–H and O–H groups in total. The van der Waals surface area contributed by atoms with Crippen LogP contribution < -0.4 is 0 Å². The molecule has 20 heavy (non-hydrogen) atoms. The predicted molar refractivity (Wildman–Crippen MR) is 78.2 cm³/mol. The molecule has 0 bridgehead atoms. The van der Waals surface area contributed by atoms with Gasteiger partial charge in [-0.25, -0.2) is 0 Å². The highest BCUT2D eigenvalue weighted by molar-refractivity contribution is 5.66. The zero-order chi connectivity index (χ0) is 14.4. The average molecular weight is 276 g/mol. The van der Waals surface area contributed by atoms with E-state index in [1.54, 1.807) is 7.11 Å². The quantitative estimate of drug-likeness (QED) is 0.762. The minimum Gasteiger partial charge on any atom is -0.457 e. The van der Waals surface area contributed by atoms with Crippen molar-refractivity contribution < 1.29 is 14.3 Å². The predicted octanol–water partition coefficient (Wildman–Crippen LogP) is 4.02. The molecule has 0 amide bonds. The molecule has 110 valence electrons. The largest absolute Gasteiger partial charge is 0.457 e. The van der Waals surface area contributed by atoms with E-state index < -0.39 is 0 Å². The molecule has 1 atom stereocenters. The SMILES string of the molecule is COCc1ccccc1C(OC(C)=O)C1CCCCC1. The second-order valence-corrected chi connectivity index (χ2v) is 5.56. The summed E-state index contributed by atoms with van der Waals surface area (Å²) in [5.74, 6) is 0.235. The van der Waals surface area contributed by atoms with Crippen LogP contribution >= 0.6 is 0 Å². The number of carbonyl (C=O) groups is 1. The first kappa shape index (κ1) is 15.0. The van der Waals surface area contributed by atoms with Crippen LogP contribution in [0.4, 0.5) is 0 Å². The maximum Gasteiger partial charge on any atom is 0.303 e. The van der Waals surface area contributed by atoms with E-state index in [9.17, 15) is 4.79 Å². The van der Waals surface area contributed by atoms with E-state index >= 15 is 0 Å². The number of carbonyl (C=O) groups excluding carboxylic acids is 1. The zero-order valence-electron chi connectivity index (χ0n) is 12.4. The van der Waals surface area contributed by atoms with Crippen molar-refractivity contribution in [1.29, 1.82) is 0 Å². The molecule has 1 unspecified atom stereocenters. The third-order valence-corrected chi connectivity index (χ3v) is 4.03. The molecule has 0 spiro atoms. The fourth-order valence-corrected chi connectivity index (χ4v) is 3.13. The smallest absolute Gasteiger partial charge is 0.303 e. The molecule has 1 aliphatic rings. The summed E-state index contributed by atoms with van der Waals surface area (Å²) in [4.78, 5) is 11.5. The van der Waals surface area contributed by atoms with Crippen molar-refractivity contribution in [2.75, 3.05) is 7.11 Å². The van der Waals surface area contributed by atoms with Crippen LogP contribution in [0.15, 0.2) is 24.3 Å². The normalized spacial score (nSPS) is 17.7. The van der Waals surface area contributed by atoms with Gasteiger partial charge in [-0.05, 0) is 24.0 Å². The Bertz CT molecular complexity index is 436. The van der Waals surface area contributed by atoms with Gasteiger partial charge in [-0.2, -0.15) is 0 Å². The van der Waals surface area contributed by atoms with Crippen LogP contribution in [-0.2, 0) is 20.9 Å². The van der Waals surface area contributed by atoms with Gasteiger partial charge in [0.15, 0.2) is 0 Å². The first-order valence-corrected chi connectivity index (χ1v) is 7.46. The van der Waals surface area contributed by atoms with E-state index in [1.807, 2.05) is 12.1 Å². The van der Waals surface area contributed by atoms with Gasteiger partial charge in [0.1, 0.15) is 6.10 Å². The number of hydrogen-bond acceptors (Lipinski definition) is 3. The molecular formula is C17H24O3. The lowest BCUT2D eigenvalue weighted by Crippen LogP contribution is -2.22. The van der Waals surface area contributed by atoms with E-state index in [-0.39, 0.29) is 12.1 Å². The van der Waals surface area contributed by atoms with Crippen LogP contribution in [0.1, 0.15) is 56.3 Å². The lowest BCUT2D eigenvalue weighted by atomic mass is 9.81. The molecule has 0 heterocycles. The standard InChI is InChI=1S/C17H24O3/c1-13(18)20-17(14-8-4-3-5-9-14)16-11-7-6-10-15(16)12-19-2/h6-7,10-11,14,17H,3-5,8-9,12H2,1-2H3. The summed E-state index contributed by atoms with van der Waals surface area (Å²) >= 11 is 0. The zero-order valence-corrected chi connectivity index (χ0v) is 12.4. The molecule has 0 aliphatic heterocycles. The van der Waals surface area contributed by atoms with E-state index in [0.29, 0.717) is 12.5 Å². The minimum absolute atomic E-state index is 0.126. The number of rotatable bonds is 5. The van der Waals surface area contributed by atoms with Crippen molar-refractivity contribution >= 4 is 5.97 Å². The minimum atomic E-state index is -0.201. The lowest BCUT2D eigenvalue weighted by Gasteiger charge is -2.31. The van der Waals surface area contributed by atoms with Crippen molar-refractivity contribution in [1.82, 2.24) is 0 Å². The molecule has 1 saturated carbocycles. The molecule has 0 saturated heterocycles. The Kier molecular flexibility index (Phi) is 5.60. The second kappa shape index (κ2) is 7.44. The van der Waals surface area contributed by atoms with Gasteiger partial charge in [0.05, 0.1) is 6.61 Å². The Morgan fingerprint density at radius 3 is 2.60 bits per heavy atom. The third-order valence-electron chi connectivity index (χ3n) is 4.03. The summed E-state index contributed by atoms with van der Waals surface area (Å²) in [6, 6.07) is 8.13. The Labute approximate surface area is 121 Å². The topological polar surface area (TPSA) is 35.5 Å². The summed E-state index contributed by atoms with van der Waals surface area (Å²) in [6.45, 7) is 2.05. The Balaban J connectivity index is 2.27. The molecule has 0 radical (unpaired) electrons. The molecule has 1 aromatic rings. The number of benzene rings is 1. The summed E-state index contributed by atoms with van der Waals surface area (Å²) in [5, 5.41) is 0. The molecule has 2 rings (SSSR count). The van der Waals surface area contributed by atoms with E-state index in [1.165, 1.54) is 26.2 Å². The van der Waals surface area contributed by atoms with Crippen molar-refractivity contribution in [2.24, 2.45) is 5.92 Å².